The van der Waals surface area contributed by atoms with Gasteiger partial charge in [-0.05, 0) is 18.2 Å². The quantitative estimate of drug-likeness (QED) is 0.793. The number of anilines is 1. The lowest BCUT2D eigenvalue weighted by atomic mass is 10.0. The summed E-state index contributed by atoms with van der Waals surface area (Å²) < 4.78 is 13.8. The molecule has 0 fully saturated rings. The van der Waals surface area contributed by atoms with E-state index in [1.54, 1.807) is 18.0 Å². The molecule has 7 heteroatoms. The number of pyridine rings is 1. The van der Waals surface area contributed by atoms with Gasteiger partial charge in [0.2, 0.25) is 0 Å². The van der Waals surface area contributed by atoms with Gasteiger partial charge >= 0.3 is 0 Å². The summed E-state index contributed by atoms with van der Waals surface area (Å²) in [7, 11) is 1.74. The zero-order chi connectivity index (χ0) is 18.5. The van der Waals surface area contributed by atoms with Crippen molar-refractivity contribution in [3.63, 3.8) is 0 Å². The second-order valence-corrected chi connectivity index (χ2v) is 6.38. The molecule has 26 heavy (non-hydrogen) atoms. The van der Waals surface area contributed by atoms with Crippen molar-refractivity contribution >= 4 is 28.8 Å². The van der Waals surface area contributed by atoms with Crippen molar-refractivity contribution < 1.29 is 9.18 Å². The molecular formula is C19H19FN4OS. The summed E-state index contributed by atoms with van der Waals surface area (Å²) in [5.74, 6) is -0.534. The van der Waals surface area contributed by atoms with Crippen LogP contribution in [-0.2, 0) is 11.3 Å². The average Bonchev–Trinajstić information content (AvgIpc) is 2.64. The topological polar surface area (TPSA) is 57.3 Å². The highest BCUT2D eigenvalue weighted by atomic mass is 32.1. The van der Waals surface area contributed by atoms with Crippen molar-refractivity contribution in [1.82, 2.24) is 15.2 Å². The number of carbonyl (C=O) groups excluding carboxylic acids is 1. The number of likely N-dealkylation sites (N-methyl/N-ethyl adjacent to an activating group) is 1. The van der Waals surface area contributed by atoms with Gasteiger partial charge in [-0.25, -0.2) is 4.39 Å². The molecule has 5 nitrogen and oxygen atoms in total. The van der Waals surface area contributed by atoms with Crippen molar-refractivity contribution in [2.45, 2.75) is 13.0 Å². The highest BCUT2D eigenvalue weighted by Gasteiger charge is 2.28. The van der Waals surface area contributed by atoms with Gasteiger partial charge in [0.1, 0.15) is 10.8 Å². The molecular weight excluding hydrogens is 351 g/mol. The number of carbonyl (C=O) groups is 1. The zero-order valence-corrected chi connectivity index (χ0v) is 15.1. The van der Waals surface area contributed by atoms with Crippen molar-refractivity contribution in [3.05, 3.63) is 71.4 Å². The third-order valence-corrected chi connectivity index (χ3v) is 4.47. The molecule has 1 aliphatic rings. The Kier molecular flexibility index (Phi) is 5.58. The van der Waals surface area contributed by atoms with Crippen LogP contribution in [0.4, 0.5) is 10.1 Å². The number of halogens is 1. The summed E-state index contributed by atoms with van der Waals surface area (Å²) in [6, 6.07) is 11.1. The van der Waals surface area contributed by atoms with Gasteiger partial charge in [-0.1, -0.05) is 30.4 Å². The molecule has 1 aliphatic heterocycles. The van der Waals surface area contributed by atoms with E-state index in [-0.39, 0.29) is 18.3 Å². The van der Waals surface area contributed by atoms with Crippen molar-refractivity contribution in [3.8, 4) is 0 Å². The van der Waals surface area contributed by atoms with Crippen molar-refractivity contribution in [1.29, 1.82) is 0 Å². The third-order valence-electron chi connectivity index (χ3n) is 4.17. The van der Waals surface area contributed by atoms with Gasteiger partial charge in [0.05, 0.1) is 11.8 Å². The summed E-state index contributed by atoms with van der Waals surface area (Å²) in [6.45, 7) is 0.843. The molecule has 0 bridgehead atoms. The Bertz CT molecular complexity index is 854. The second kappa shape index (κ2) is 8.05. The number of para-hydroxylation sites is 1. The molecule has 0 radical (unpaired) electrons. The van der Waals surface area contributed by atoms with E-state index in [1.165, 1.54) is 12.4 Å². The van der Waals surface area contributed by atoms with E-state index in [9.17, 15) is 9.18 Å². The van der Waals surface area contributed by atoms with E-state index in [2.05, 4.69) is 15.6 Å². The molecule has 0 atom stereocenters. The Morgan fingerprint density at radius 2 is 2.08 bits per heavy atom. The van der Waals surface area contributed by atoms with Crippen LogP contribution in [-0.4, -0.2) is 34.4 Å². The van der Waals surface area contributed by atoms with Gasteiger partial charge < -0.3 is 15.5 Å². The number of rotatable bonds is 5. The maximum atomic E-state index is 13.8. The van der Waals surface area contributed by atoms with Crippen LogP contribution in [0.25, 0.3) is 0 Å². The average molecular weight is 370 g/mol. The normalized spacial score (nSPS) is 14.4. The Morgan fingerprint density at radius 3 is 2.81 bits per heavy atom. The minimum absolute atomic E-state index is 0.151. The lowest BCUT2D eigenvalue weighted by Gasteiger charge is -2.28. The minimum atomic E-state index is -0.383. The molecule has 0 saturated carbocycles. The molecule has 1 amide bonds. The highest BCUT2D eigenvalue weighted by molar-refractivity contribution is 7.81. The van der Waals surface area contributed by atoms with Crippen LogP contribution >= 0.6 is 12.2 Å². The summed E-state index contributed by atoms with van der Waals surface area (Å²) >= 11 is 5.48. The van der Waals surface area contributed by atoms with Crippen LogP contribution in [0.2, 0.25) is 0 Å². The largest absolute Gasteiger partial charge is 0.383 e. The van der Waals surface area contributed by atoms with Crippen LogP contribution in [0.5, 0.6) is 0 Å². The Hall–Kier alpha value is -2.80. The molecule has 2 heterocycles. The maximum Gasteiger partial charge on any atom is 0.258 e. The Morgan fingerprint density at radius 1 is 1.31 bits per heavy atom. The monoisotopic (exact) mass is 370 g/mol. The lowest BCUT2D eigenvalue weighted by molar-refractivity contribution is -0.126. The highest BCUT2D eigenvalue weighted by Crippen LogP contribution is 2.20. The standard InChI is InChI=1S/C19H19FN4OS/c1-24-10-8-16(22-11-13-7-9-21-12-15(13)20)17(19(24)25)18(26)23-14-5-3-2-4-6-14/h2-7,9,12,22H,8,10-11H2,1H3,(H,23,26). The number of thiocarbonyl (C=S) groups is 1. The summed E-state index contributed by atoms with van der Waals surface area (Å²) in [5.41, 5.74) is 2.44. The fourth-order valence-electron chi connectivity index (χ4n) is 2.70. The maximum absolute atomic E-state index is 13.8. The molecule has 0 saturated heterocycles. The van der Waals surface area contributed by atoms with E-state index in [1.807, 2.05) is 30.3 Å². The molecule has 134 valence electrons. The van der Waals surface area contributed by atoms with Crippen LogP contribution in [0, 0.1) is 5.82 Å². The van der Waals surface area contributed by atoms with Crippen LogP contribution in [0.15, 0.2) is 60.1 Å². The summed E-state index contributed by atoms with van der Waals surface area (Å²) in [5, 5.41) is 6.29. The first-order chi connectivity index (χ1) is 12.6. The molecule has 0 unspecified atom stereocenters. The smallest absolute Gasteiger partial charge is 0.258 e. The predicted octanol–water partition coefficient (Wildman–Crippen LogP) is 2.87. The first kappa shape index (κ1) is 18.0. The second-order valence-electron chi connectivity index (χ2n) is 5.97. The summed E-state index contributed by atoms with van der Waals surface area (Å²) in [6.07, 6.45) is 3.34. The van der Waals surface area contributed by atoms with E-state index >= 15 is 0 Å². The van der Waals surface area contributed by atoms with E-state index in [4.69, 9.17) is 12.2 Å². The first-order valence-electron chi connectivity index (χ1n) is 8.23. The van der Waals surface area contributed by atoms with E-state index in [0.29, 0.717) is 29.1 Å². The van der Waals surface area contributed by atoms with E-state index in [0.717, 1.165) is 11.4 Å². The third kappa shape index (κ3) is 4.05. The molecule has 2 aromatic rings. The number of nitrogens with zero attached hydrogens (tertiary/aromatic N) is 2. The molecule has 0 aliphatic carbocycles. The SMILES string of the molecule is CN1CCC(NCc2ccncc2F)=C(C(=S)Nc2ccccc2)C1=O. The van der Waals surface area contributed by atoms with Crippen LogP contribution < -0.4 is 10.6 Å². The zero-order valence-electron chi connectivity index (χ0n) is 14.3. The minimum Gasteiger partial charge on any atom is -0.383 e. The van der Waals surface area contributed by atoms with Gasteiger partial charge in [-0.15, -0.1) is 0 Å². The first-order valence-corrected chi connectivity index (χ1v) is 8.64. The van der Waals surface area contributed by atoms with Crippen LogP contribution in [0.3, 0.4) is 0 Å². The lowest BCUT2D eigenvalue weighted by Crippen LogP contribution is -2.40. The number of hydrogen-bond donors (Lipinski definition) is 2. The van der Waals surface area contributed by atoms with E-state index < -0.39 is 0 Å². The molecule has 0 spiro atoms. The van der Waals surface area contributed by atoms with Gasteiger partial charge in [-0.2, -0.15) is 0 Å². The van der Waals surface area contributed by atoms with Crippen molar-refractivity contribution in [2.24, 2.45) is 0 Å². The molecule has 1 aromatic heterocycles. The fourth-order valence-corrected chi connectivity index (χ4v) is 3.03. The number of aromatic nitrogens is 1. The van der Waals surface area contributed by atoms with Gasteiger partial charge in [0.15, 0.2) is 0 Å². The number of nitrogens with one attached hydrogen (secondary N) is 2. The number of hydrogen-bond acceptors (Lipinski definition) is 4. The van der Waals surface area contributed by atoms with Crippen molar-refractivity contribution in [2.75, 3.05) is 18.9 Å². The Labute approximate surface area is 156 Å². The number of amides is 1. The Balaban J connectivity index is 1.83. The fraction of sp³-hybridized carbons (Fsp3) is 0.211. The van der Waals surface area contributed by atoms with Gasteiger partial charge in [-0.3, -0.25) is 9.78 Å². The molecule has 1 aromatic carbocycles. The van der Waals surface area contributed by atoms with Gasteiger partial charge in [0, 0.05) is 49.7 Å². The number of benzene rings is 1. The molecule has 3 rings (SSSR count). The van der Waals surface area contributed by atoms with Crippen LogP contribution in [0.1, 0.15) is 12.0 Å². The van der Waals surface area contributed by atoms with Gasteiger partial charge in [0.25, 0.3) is 5.91 Å². The summed E-state index contributed by atoms with van der Waals surface area (Å²) in [4.78, 5) is 18.4. The molecule has 2 N–H and O–H groups in total. The predicted molar refractivity (Wildman–Crippen MR) is 103 cm³/mol.